The molecule has 3 nitrogen and oxygen atoms in total. The number of halogens is 12. The Morgan fingerprint density at radius 3 is 0.960 bits per heavy atom. The molecule has 0 fully saturated rings. The SMILES string of the molecule is FC(F)(F)CC[Si](OCC(F)(F)F)(OCC(F)(F)F)OCC(F)(F)F. The first-order chi connectivity index (χ1) is 10.8. The van der Waals surface area contributed by atoms with Crippen molar-refractivity contribution in [1.29, 1.82) is 0 Å². The zero-order valence-corrected chi connectivity index (χ0v) is 12.8. The molecule has 0 aromatic carbocycles. The molecule has 0 aromatic rings. The van der Waals surface area contributed by atoms with Crippen molar-refractivity contribution in [1.82, 2.24) is 0 Å². The fourth-order valence-electron chi connectivity index (χ4n) is 1.21. The van der Waals surface area contributed by atoms with Gasteiger partial charge in [0.1, 0.15) is 19.8 Å². The molecular formula is C9H10F12O3Si. The van der Waals surface area contributed by atoms with Gasteiger partial charge < -0.3 is 13.3 Å². The Morgan fingerprint density at radius 1 is 0.480 bits per heavy atom. The van der Waals surface area contributed by atoms with Crippen molar-refractivity contribution in [2.24, 2.45) is 0 Å². The van der Waals surface area contributed by atoms with Crippen LogP contribution in [0.2, 0.25) is 6.04 Å². The first-order valence-electron chi connectivity index (χ1n) is 6.01. The van der Waals surface area contributed by atoms with E-state index in [2.05, 4.69) is 13.3 Å². The van der Waals surface area contributed by atoms with Gasteiger partial charge in [0.15, 0.2) is 0 Å². The quantitative estimate of drug-likeness (QED) is 0.422. The monoisotopic (exact) mass is 422 g/mol. The van der Waals surface area contributed by atoms with Crippen LogP contribution in [0.4, 0.5) is 52.7 Å². The average Bonchev–Trinajstić information content (AvgIpc) is 2.33. The van der Waals surface area contributed by atoms with Crippen LogP contribution in [0.3, 0.4) is 0 Å². The molecule has 16 heteroatoms. The minimum absolute atomic E-state index is 1.75. The van der Waals surface area contributed by atoms with E-state index in [9.17, 15) is 52.7 Å². The van der Waals surface area contributed by atoms with Crippen LogP contribution in [0.5, 0.6) is 0 Å². The van der Waals surface area contributed by atoms with E-state index in [-0.39, 0.29) is 0 Å². The zero-order valence-electron chi connectivity index (χ0n) is 11.8. The molecule has 0 radical (unpaired) electrons. The van der Waals surface area contributed by atoms with Gasteiger partial charge in [0.2, 0.25) is 0 Å². The maximum Gasteiger partial charge on any atom is 0.502 e. The van der Waals surface area contributed by atoms with E-state index in [1.165, 1.54) is 0 Å². The van der Waals surface area contributed by atoms with Gasteiger partial charge in [-0.3, -0.25) is 0 Å². The second-order valence-electron chi connectivity index (χ2n) is 4.51. The largest absolute Gasteiger partial charge is 0.502 e. The highest BCUT2D eigenvalue weighted by molar-refractivity contribution is 6.60. The van der Waals surface area contributed by atoms with Gasteiger partial charge in [0.05, 0.1) is 0 Å². The second-order valence-corrected chi connectivity index (χ2v) is 7.24. The van der Waals surface area contributed by atoms with Crippen LogP contribution >= 0.6 is 0 Å². The topological polar surface area (TPSA) is 27.7 Å². The van der Waals surface area contributed by atoms with Crippen molar-refractivity contribution in [3.63, 3.8) is 0 Å². The third-order valence-corrected chi connectivity index (χ3v) is 4.70. The Kier molecular flexibility index (Phi) is 8.05. The summed E-state index contributed by atoms with van der Waals surface area (Å²) in [7, 11) is -5.61. The van der Waals surface area contributed by atoms with Gasteiger partial charge in [-0.2, -0.15) is 52.7 Å². The lowest BCUT2D eigenvalue weighted by molar-refractivity contribution is -0.195. The summed E-state index contributed by atoms with van der Waals surface area (Å²) in [6.07, 6.45) is -22.9. The lowest BCUT2D eigenvalue weighted by Gasteiger charge is -2.31. The molecule has 0 aliphatic carbocycles. The third-order valence-electron chi connectivity index (χ3n) is 2.08. The van der Waals surface area contributed by atoms with Crippen molar-refractivity contribution in [3.05, 3.63) is 0 Å². The summed E-state index contributed by atoms with van der Waals surface area (Å²) in [6, 6.07) is -1.75. The molecule has 152 valence electrons. The molecule has 0 unspecified atom stereocenters. The summed E-state index contributed by atoms with van der Waals surface area (Å²) in [5.41, 5.74) is 0. The fraction of sp³-hybridized carbons (Fsp3) is 1.00. The van der Waals surface area contributed by atoms with E-state index < -0.39 is 65.8 Å². The highest BCUT2D eigenvalue weighted by atomic mass is 28.4. The normalized spacial score (nSPS) is 14.9. The van der Waals surface area contributed by atoms with Crippen LogP contribution in [-0.4, -0.2) is 53.3 Å². The number of alkyl halides is 12. The van der Waals surface area contributed by atoms with Crippen molar-refractivity contribution in [2.75, 3.05) is 19.8 Å². The zero-order chi connectivity index (χ0) is 20.2. The van der Waals surface area contributed by atoms with Gasteiger partial charge in [0.25, 0.3) is 0 Å². The fourth-order valence-corrected chi connectivity index (χ4v) is 3.64. The number of hydrogen-bond acceptors (Lipinski definition) is 3. The van der Waals surface area contributed by atoms with Gasteiger partial charge in [-0.15, -0.1) is 0 Å². The van der Waals surface area contributed by atoms with Crippen LogP contribution in [0.15, 0.2) is 0 Å². The summed E-state index contributed by atoms with van der Waals surface area (Å²) in [5, 5.41) is 0. The lowest BCUT2D eigenvalue weighted by atomic mass is 10.5. The van der Waals surface area contributed by atoms with Gasteiger partial charge in [-0.05, 0) is 0 Å². The van der Waals surface area contributed by atoms with E-state index in [0.29, 0.717) is 0 Å². The molecule has 0 atom stereocenters. The molecule has 0 aliphatic heterocycles. The molecule has 0 saturated heterocycles. The van der Waals surface area contributed by atoms with Gasteiger partial charge in [-0.25, -0.2) is 0 Å². The van der Waals surface area contributed by atoms with Crippen LogP contribution in [0.25, 0.3) is 0 Å². The summed E-state index contributed by atoms with van der Waals surface area (Å²) in [4.78, 5) is 0. The smallest absolute Gasteiger partial charge is 0.364 e. The minimum atomic E-state index is -5.61. The predicted molar refractivity (Wildman–Crippen MR) is 57.3 cm³/mol. The van der Waals surface area contributed by atoms with E-state index >= 15 is 0 Å². The Labute approximate surface area is 133 Å². The molecule has 25 heavy (non-hydrogen) atoms. The lowest BCUT2D eigenvalue weighted by Crippen LogP contribution is -2.51. The Morgan fingerprint density at radius 2 is 0.760 bits per heavy atom. The first kappa shape index (κ1) is 24.3. The maximum atomic E-state index is 12.2. The van der Waals surface area contributed by atoms with Crippen molar-refractivity contribution >= 4 is 8.80 Å². The second kappa shape index (κ2) is 8.30. The van der Waals surface area contributed by atoms with Crippen LogP contribution < -0.4 is 0 Å². The molecule has 0 bridgehead atoms. The molecule has 0 spiro atoms. The molecule has 0 heterocycles. The molecule has 0 amide bonds. The number of hydrogen-bond donors (Lipinski definition) is 0. The van der Waals surface area contributed by atoms with E-state index in [1.54, 1.807) is 0 Å². The van der Waals surface area contributed by atoms with Crippen molar-refractivity contribution in [3.8, 4) is 0 Å². The summed E-state index contributed by atoms with van der Waals surface area (Å²) < 4.78 is 157. The van der Waals surface area contributed by atoms with Crippen LogP contribution in [0, 0.1) is 0 Å². The van der Waals surface area contributed by atoms with Crippen LogP contribution in [0.1, 0.15) is 6.42 Å². The Balaban J connectivity index is 5.41. The van der Waals surface area contributed by atoms with Crippen LogP contribution in [-0.2, 0) is 13.3 Å². The molecule has 0 aromatic heterocycles. The minimum Gasteiger partial charge on any atom is -0.364 e. The van der Waals surface area contributed by atoms with Crippen molar-refractivity contribution < 1.29 is 66.0 Å². The van der Waals surface area contributed by atoms with Gasteiger partial charge in [0, 0.05) is 12.5 Å². The average molecular weight is 422 g/mol. The van der Waals surface area contributed by atoms with Crippen molar-refractivity contribution in [2.45, 2.75) is 37.2 Å². The summed E-state index contributed by atoms with van der Waals surface area (Å²) >= 11 is 0. The number of rotatable bonds is 8. The third kappa shape index (κ3) is 14.1. The highest BCUT2D eigenvalue weighted by Gasteiger charge is 2.51. The highest BCUT2D eigenvalue weighted by Crippen LogP contribution is 2.32. The molecule has 0 N–H and O–H groups in total. The standard InChI is InChI=1S/C9H10F12O3Si/c10-6(11,12)1-2-25(22-3-7(13,14)15,23-4-8(16,17)18)24-5-9(19,20)21/h1-5H2. The molecule has 0 aliphatic rings. The maximum absolute atomic E-state index is 12.2. The first-order valence-corrected chi connectivity index (χ1v) is 7.95. The Bertz CT molecular complexity index is 321. The Hall–Kier alpha value is -0.743. The van der Waals surface area contributed by atoms with Gasteiger partial charge in [-0.1, -0.05) is 0 Å². The molecular weight excluding hydrogens is 412 g/mol. The molecule has 0 rings (SSSR count). The predicted octanol–water partition coefficient (Wildman–Crippen LogP) is 4.61. The molecule has 0 saturated carbocycles. The summed E-state index contributed by atoms with van der Waals surface area (Å²) in [6.45, 7) is -7.31. The summed E-state index contributed by atoms with van der Waals surface area (Å²) in [5.74, 6) is 0. The van der Waals surface area contributed by atoms with E-state index in [4.69, 9.17) is 0 Å². The van der Waals surface area contributed by atoms with E-state index in [1.807, 2.05) is 0 Å². The van der Waals surface area contributed by atoms with Gasteiger partial charge >= 0.3 is 33.5 Å². The van der Waals surface area contributed by atoms with E-state index in [0.717, 1.165) is 0 Å².